The normalized spacial score (nSPS) is 10.3. The predicted molar refractivity (Wildman–Crippen MR) is 125 cm³/mol. The van der Waals surface area contributed by atoms with Crippen molar-refractivity contribution in [1.29, 1.82) is 0 Å². The molecule has 30 heavy (non-hydrogen) atoms. The minimum Gasteiger partial charge on any atom is -0.490 e. The van der Waals surface area contributed by atoms with Crippen molar-refractivity contribution in [1.82, 2.24) is 0 Å². The molecule has 0 aromatic heterocycles. The van der Waals surface area contributed by atoms with Crippen molar-refractivity contribution in [2.24, 2.45) is 0 Å². The minimum absolute atomic E-state index is 0.294. The maximum Gasteiger partial charge on any atom is 0.166 e. The highest BCUT2D eigenvalue weighted by Crippen LogP contribution is 2.18. The van der Waals surface area contributed by atoms with E-state index in [2.05, 4.69) is 19.7 Å². The fourth-order valence-corrected chi connectivity index (χ4v) is 2.77. The Balaban J connectivity index is 1.65. The Hall–Kier alpha value is -3.72. The van der Waals surface area contributed by atoms with Crippen molar-refractivity contribution in [2.45, 2.75) is 6.10 Å². The standard InChI is InChI=1S/C27H26O3/c1-4-21-7-13-24(14-8-21)28-19-27(30-26-17-11-23(6-3)12-18-26)20-29-25-15-9-22(5-2)10-16-25/h4-18,27H,1-3,19-20H2. The second-order valence-electron chi connectivity index (χ2n) is 6.68. The van der Waals surface area contributed by atoms with Gasteiger partial charge in [0.1, 0.15) is 30.5 Å². The van der Waals surface area contributed by atoms with E-state index < -0.39 is 0 Å². The second-order valence-corrected chi connectivity index (χ2v) is 6.68. The first-order valence-corrected chi connectivity index (χ1v) is 9.80. The zero-order valence-corrected chi connectivity index (χ0v) is 17.0. The smallest absolute Gasteiger partial charge is 0.166 e. The second kappa shape index (κ2) is 10.7. The number of hydrogen-bond acceptors (Lipinski definition) is 3. The van der Waals surface area contributed by atoms with Crippen LogP contribution in [0.15, 0.2) is 92.5 Å². The quantitative estimate of drug-likeness (QED) is 0.368. The van der Waals surface area contributed by atoms with Crippen LogP contribution in [0, 0.1) is 0 Å². The van der Waals surface area contributed by atoms with E-state index in [1.807, 2.05) is 72.8 Å². The van der Waals surface area contributed by atoms with Gasteiger partial charge in [0.05, 0.1) is 0 Å². The average molecular weight is 399 g/mol. The van der Waals surface area contributed by atoms with E-state index in [0.717, 1.165) is 33.9 Å². The fourth-order valence-electron chi connectivity index (χ4n) is 2.77. The van der Waals surface area contributed by atoms with E-state index in [4.69, 9.17) is 14.2 Å². The van der Waals surface area contributed by atoms with Gasteiger partial charge in [0.2, 0.25) is 0 Å². The molecule has 0 radical (unpaired) electrons. The molecule has 0 saturated heterocycles. The van der Waals surface area contributed by atoms with E-state index in [1.165, 1.54) is 0 Å². The molecule has 3 aromatic carbocycles. The fraction of sp³-hybridized carbons (Fsp3) is 0.111. The zero-order valence-electron chi connectivity index (χ0n) is 17.0. The van der Waals surface area contributed by atoms with Crippen LogP contribution < -0.4 is 14.2 Å². The number of rotatable bonds is 11. The van der Waals surface area contributed by atoms with Crippen LogP contribution in [0.2, 0.25) is 0 Å². The lowest BCUT2D eigenvalue weighted by Gasteiger charge is -2.20. The first-order chi connectivity index (χ1) is 14.7. The topological polar surface area (TPSA) is 27.7 Å². The van der Waals surface area contributed by atoms with Crippen molar-refractivity contribution in [2.75, 3.05) is 13.2 Å². The lowest BCUT2D eigenvalue weighted by Crippen LogP contribution is -2.31. The molecule has 3 heteroatoms. The van der Waals surface area contributed by atoms with Gasteiger partial charge in [-0.25, -0.2) is 0 Å². The monoisotopic (exact) mass is 398 g/mol. The summed E-state index contributed by atoms with van der Waals surface area (Å²) in [6.45, 7) is 12.0. The Morgan fingerprint density at radius 2 is 0.867 bits per heavy atom. The molecule has 0 fully saturated rings. The van der Waals surface area contributed by atoms with E-state index in [0.29, 0.717) is 13.2 Å². The van der Waals surface area contributed by atoms with Gasteiger partial charge in [-0.2, -0.15) is 0 Å². The molecule has 0 heterocycles. The summed E-state index contributed by atoms with van der Waals surface area (Å²) in [7, 11) is 0. The molecule has 3 aromatic rings. The van der Waals surface area contributed by atoms with Crippen LogP contribution in [-0.2, 0) is 0 Å². The maximum absolute atomic E-state index is 6.13. The summed E-state index contributed by atoms with van der Waals surface area (Å²) in [5.41, 5.74) is 3.13. The highest BCUT2D eigenvalue weighted by atomic mass is 16.6. The summed E-state index contributed by atoms with van der Waals surface area (Å²) in [5, 5.41) is 0. The van der Waals surface area contributed by atoms with Gasteiger partial charge >= 0.3 is 0 Å². The average Bonchev–Trinajstić information content (AvgIpc) is 2.82. The highest BCUT2D eigenvalue weighted by Gasteiger charge is 2.14. The van der Waals surface area contributed by atoms with Crippen molar-refractivity contribution in [3.63, 3.8) is 0 Å². The lowest BCUT2D eigenvalue weighted by molar-refractivity contribution is 0.0812. The summed E-state index contributed by atoms with van der Waals surface area (Å²) in [4.78, 5) is 0. The maximum atomic E-state index is 6.13. The van der Waals surface area contributed by atoms with Crippen LogP contribution in [0.4, 0.5) is 0 Å². The van der Waals surface area contributed by atoms with E-state index in [9.17, 15) is 0 Å². The molecule has 0 aliphatic heterocycles. The third-order valence-electron chi connectivity index (χ3n) is 4.52. The Labute approximate surface area is 178 Å². The molecule has 0 unspecified atom stereocenters. The largest absolute Gasteiger partial charge is 0.490 e. The van der Waals surface area contributed by atoms with E-state index >= 15 is 0 Å². The molecule has 0 saturated carbocycles. The number of hydrogen-bond donors (Lipinski definition) is 0. The molecule has 0 aliphatic carbocycles. The van der Waals surface area contributed by atoms with Crippen molar-refractivity contribution >= 4 is 18.2 Å². The van der Waals surface area contributed by atoms with Crippen LogP contribution in [-0.4, -0.2) is 19.3 Å². The van der Waals surface area contributed by atoms with Gasteiger partial charge in [0, 0.05) is 0 Å². The first-order valence-electron chi connectivity index (χ1n) is 9.80. The molecular weight excluding hydrogens is 372 g/mol. The summed E-state index contributed by atoms with van der Waals surface area (Å²) in [6, 6.07) is 23.3. The van der Waals surface area contributed by atoms with Gasteiger partial charge in [0.25, 0.3) is 0 Å². The predicted octanol–water partition coefficient (Wildman–Crippen LogP) is 6.52. The van der Waals surface area contributed by atoms with Crippen LogP contribution in [0.5, 0.6) is 17.2 Å². The molecule has 3 rings (SSSR count). The van der Waals surface area contributed by atoms with Crippen LogP contribution in [0.3, 0.4) is 0 Å². The minimum atomic E-state index is -0.294. The molecule has 3 nitrogen and oxygen atoms in total. The van der Waals surface area contributed by atoms with Crippen LogP contribution >= 0.6 is 0 Å². The third kappa shape index (κ3) is 6.14. The Bertz CT molecular complexity index is 899. The molecule has 0 spiro atoms. The number of benzene rings is 3. The van der Waals surface area contributed by atoms with Crippen LogP contribution in [0.25, 0.3) is 18.2 Å². The molecular formula is C27H26O3. The van der Waals surface area contributed by atoms with Gasteiger partial charge in [-0.3, -0.25) is 0 Å². The van der Waals surface area contributed by atoms with Crippen molar-refractivity contribution in [3.8, 4) is 17.2 Å². The summed E-state index contributed by atoms with van der Waals surface area (Å²) >= 11 is 0. The third-order valence-corrected chi connectivity index (χ3v) is 4.52. The molecule has 0 N–H and O–H groups in total. The summed E-state index contributed by atoms with van der Waals surface area (Å²) in [6.07, 6.45) is 5.10. The van der Waals surface area contributed by atoms with Gasteiger partial charge in [-0.1, -0.05) is 74.4 Å². The van der Waals surface area contributed by atoms with Crippen molar-refractivity contribution in [3.05, 3.63) is 109 Å². The van der Waals surface area contributed by atoms with E-state index in [1.54, 1.807) is 18.2 Å². The number of ether oxygens (including phenoxy) is 3. The zero-order chi connectivity index (χ0) is 21.2. The Morgan fingerprint density at radius 1 is 0.533 bits per heavy atom. The summed E-state index contributed by atoms with van der Waals surface area (Å²) < 4.78 is 18.0. The molecule has 0 atom stereocenters. The molecule has 0 bridgehead atoms. The molecule has 0 amide bonds. The van der Waals surface area contributed by atoms with Gasteiger partial charge in [-0.05, 0) is 53.1 Å². The highest BCUT2D eigenvalue weighted by molar-refractivity contribution is 5.49. The van der Waals surface area contributed by atoms with Crippen molar-refractivity contribution < 1.29 is 14.2 Å². The lowest BCUT2D eigenvalue weighted by atomic mass is 10.2. The Morgan fingerprint density at radius 3 is 1.20 bits per heavy atom. The van der Waals surface area contributed by atoms with Gasteiger partial charge in [0.15, 0.2) is 6.10 Å². The Kier molecular flexibility index (Phi) is 7.51. The first kappa shape index (κ1) is 21.0. The van der Waals surface area contributed by atoms with Gasteiger partial charge in [-0.15, -0.1) is 0 Å². The molecule has 0 aliphatic rings. The molecule has 152 valence electrons. The van der Waals surface area contributed by atoms with Gasteiger partial charge < -0.3 is 14.2 Å². The van der Waals surface area contributed by atoms with E-state index in [-0.39, 0.29) is 6.10 Å². The van der Waals surface area contributed by atoms with Crippen LogP contribution in [0.1, 0.15) is 16.7 Å². The SMILES string of the molecule is C=Cc1ccc(OCC(COc2ccc(C=C)cc2)Oc2ccc(C=C)cc2)cc1. The summed E-state index contributed by atoms with van der Waals surface area (Å²) in [5.74, 6) is 2.29.